The van der Waals surface area contributed by atoms with Crippen LogP contribution in [0, 0.1) is 17.2 Å². The fraction of sp³-hybridized carbons (Fsp3) is 0.588. The van der Waals surface area contributed by atoms with Gasteiger partial charge < -0.3 is 14.7 Å². The molecular weight excluding hydrogens is 299 g/mol. The maximum Gasteiger partial charge on any atom is 0.236 e. The standard InChI is InChI=1S/C17H23FN2O3/c1-19(6-13-4-2-3-5-15(13)18)8-16(22)20-7-14-9-23-12-17(14,10-20)11-21/h2-5,14,21H,6-12H2,1H3/t14-,17-/m0/s1. The summed E-state index contributed by atoms with van der Waals surface area (Å²) in [5, 5.41) is 9.66. The summed E-state index contributed by atoms with van der Waals surface area (Å²) in [4.78, 5) is 16.1. The summed E-state index contributed by atoms with van der Waals surface area (Å²) in [6.07, 6.45) is 0. The number of likely N-dealkylation sites (N-methyl/N-ethyl adjacent to an activating group) is 1. The summed E-state index contributed by atoms with van der Waals surface area (Å²) in [6, 6.07) is 6.61. The third-order valence-corrected chi connectivity index (χ3v) is 4.99. The van der Waals surface area contributed by atoms with Crippen molar-refractivity contribution in [3.8, 4) is 0 Å². The van der Waals surface area contributed by atoms with Gasteiger partial charge in [0.05, 0.1) is 26.4 Å². The number of aliphatic hydroxyl groups is 1. The number of benzene rings is 1. The highest BCUT2D eigenvalue weighted by atomic mass is 19.1. The van der Waals surface area contributed by atoms with Gasteiger partial charge in [0, 0.05) is 36.5 Å². The Labute approximate surface area is 135 Å². The largest absolute Gasteiger partial charge is 0.396 e. The SMILES string of the molecule is CN(CC(=O)N1C[C@H]2COC[C@@]2(CO)C1)Cc1ccccc1F. The third-order valence-electron chi connectivity index (χ3n) is 4.99. The number of carbonyl (C=O) groups is 1. The minimum absolute atomic E-state index is 0.0195. The first-order valence-electron chi connectivity index (χ1n) is 7.92. The Morgan fingerprint density at radius 2 is 2.30 bits per heavy atom. The Balaban J connectivity index is 1.56. The zero-order valence-electron chi connectivity index (χ0n) is 13.4. The Hall–Kier alpha value is -1.50. The van der Waals surface area contributed by atoms with Crippen molar-refractivity contribution < 1.29 is 19.0 Å². The van der Waals surface area contributed by atoms with E-state index in [4.69, 9.17) is 4.74 Å². The smallest absolute Gasteiger partial charge is 0.236 e. The number of likely N-dealkylation sites (tertiary alicyclic amines) is 1. The van der Waals surface area contributed by atoms with Crippen LogP contribution in [0.3, 0.4) is 0 Å². The topological polar surface area (TPSA) is 53.0 Å². The molecule has 1 aromatic carbocycles. The van der Waals surface area contributed by atoms with Gasteiger partial charge in [0.2, 0.25) is 5.91 Å². The van der Waals surface area contributed by atoms with E-state index in [0.29, 0.717) is 38.4 Å². The molecule has 0 spiro atoms. The van der Waals surface area contributed by atoms with Gasteiger partial charge in [-0.1, -0.05) is 18.2 Å². The van der Waals surface area contributed by atoms with Gasteiger partial charge in [-0.15, -0.1) is 0 Å². The summed E-state index contributed by atoms with van der Waals surface area (Å²) < 4.78 is 19.1. The molecule has 2 fully saturated rings. The minimum atomic E-state index is -0.292. The normalized spacial score (nSPS) is 26.8. The van der Waals surface area contributed by atoms with Crippen LogP contribution in [0.2, 0.25) is 0 Å². The number of rotatable bonds is 5. The van der Waals surface area contributed by atoms with Gasteiger partial charge in [-0.3, -0.25) is 9.69 Å². The van der Waals surface area contributed by atoms with Crippen LogP contribution < -0.4 is 0 Å². The predicted octanol–water partition coefficient (Wildman–Crippen LogP) is 0.725. The molecule has 0 unspecified atom stereocenters. The second-order valence-electron chi connectivity index (χ2n) is 6.77. The molecule has 1 aromatic rings. The number of amides is 1. The minimum Gasteiger partial charge on any atom is -0.396 e. The van der Waals surface area contributed by atoms with E-state index in [1.165, 1.54) is 6.07 Å². The predicted molar refractivity (Wildman–Crippen MR) is 83.1 cm³/mol. The van der Waals surface area contributed by atoms with E-state index in [0.717, 1.165) is 0 Å². The second-order valence-corrected chi connectivity index (χ2v) is 6.77. The molecule has 1 N–H and O–H groups in total. The highest BCUT2D eigenvalue weighted by Gasteiger charge is 2.51. The van der Waals surface area contributed by atoms with Crippen molar-refractivity contribution in [3.05, 3.63) is 35.6 Å². The highest BCUT2D eigenvalue weighted by Crippen LogP contribution is 2.40. The Morgan fingerprint density at radius 3 is 3.00 bits per heavy atom. The summed E-state index contributed by atoms with van der Waals surface area (Å²) >= 11 is 0. The van der Waals surface area contributed by atoms with Gasteiger partial charge in [0.25, 0.3) is 0 Å². The van der Waals surface area contributed by atoms with Crippen LogP contribution in [0.4, 0.5) is 4.39 Å². The molecule has 126 valence electrons. The first-order valence-corrected chi connectivity index (χ1v) is 7.92. The van der Waals surface area contributed by atoms with Gasteiger partial charge in [0.15, 0.2) is 0 Å². The van der Waals surface area contributed by atoms with Crippen molar-refractivity contribution in [1.82, 2.24) is 9.80 Å². The van der Waals surface area contributed by atoms with E-state index in [-0.39, 0.29) is 36.2 Å². The molecule has 2 aliphatic rings. The van der Waals surface area contributed by atoms with Crippen LogP contribution >= 0.6 is 0 Å². The number of nitrogens with zero attached hydrogens (tertiary/aromatic N) is 2. The summed E-state index contributed by atoms with van der Waals surface area (Å²) in [5.74, 6) is -0.0155. The van der Waals surface area contributed by atoms with E-state index < -0.39 is 0 Å². The zero-order valence-corrected chi connectivity index (χ0v) is 13.4. The average Bonchev–Trinajstić information content (AvgIpc) is 3.06. The Bertz CT molecular complexity index is 583. The lowest BCUT2D eigenvalue weighted by molar-refractivity contribution is -0.132. The van der Waals surface area contributed by atoms with E-state index in [1.807, 2.05) is 11.9 Å². The van der Waals surface area contributed by atoms with Crippen molar-refractivity contribution >= 4 is 5.91 Å². The van der Waals surface area contributed by atoms with Gasteiger partial charge in [-0.2, -0.15) is 0 Å². The van der Waals surface area contributed by atoms with Crippen LogP contribution in [-0.4, -0.2) is 67.3 Å². The van der Waals surface area contributed by atoms with E-state index in [9.17, 15) is 14.3 Å². The van der Waals surface area contributed by atoms with Crippen molar-refractivity contribution in [2.45, 2.75) is 6.54 Å². The number of aliphatic hydroxyl groups excluding tert-OH is 1. The average molecular weight is 322 g/mol. The second kappa shape index (κ2) is 6.55. The maximum atomic E-state index is 13.7. The number of hydrogen-bond acceptors (Lipinski definition) is 4. The fourth-order valence-corrected chi connectivity index (χ4v) is 3.55. The van der Waals surface area contributed by atoms with Crippen LogP contribution in [0.5, 0.6) is 0 Å². The lowest BCUT2D eigenvalue weighted by Crippen LogP contribution is -2.40. The molecule has 0 radical (unpaired) electrons. The number of carbonyl (C=O) groups excluding carboxylic acids is 1. The summed E-state index contributed by atoms with van der Waals surface area (Å²) in [6.45, 7) is 2.98. The van der Waals surface area contributed by atoms with E-state index in [1.54, 1.807) is 23.1 Å². The molecule has 6 heteroatoms. The van der Waals surface area contributed by atoms with Gasteiger partial charge in [0.1, 0.15) is 5.82 Å². The van der Waals surface area contributed by atoms with Crippen molar-refractivity contribution in [2.75, 3.05) is 46.5 Å². The first kappa shape index (κ1) is 16.4. The molecule has 0 aliphatic carbocycles. The molecular formula is C17H23FN2O3. The zero-order chi connectivity index (χ0) is 16.4. The third kappa shape index (κ3) is 3.24. The maximum absolute atomic E-state index is 13.7. The molecule has 23 heavy (non-hydrogen) atoms. The lowest BCUT2D eigenvalue weighted by atomic mass is 9.82. The Morgan fingerprint density at radius 1 is 1.52 bits per heavy atom. The van der Waals surface area contributed by atoms with Crippen molar-refractivity contribution in [3.63, 3.8) is 0 Å². The number of hydrogen-bond donors (Lipinski definition) is 1. The van der Waals surface area contributed by atoms with Crippen molar-refractivity contribution in [1.29, 1.82) is 0 Å². The molecule has 0 saturated carbocycles. The number of fused-ring (bicyclic) bond motifs is 1. The number of halogens is 1. The molecule has 1 amide bonds. The first-order chi connectivity index (χ1) is 11.0. The molecule has 2 atom stereocenters. The fourth-order valence-electron chi connectivity index (χ4n) is 3.55. The van der Waals surface area contributed by atoms with Crippen LogP contribution in [-0.2, 0) is 16.1 Å². The lowest BCUT2D eigenvalue weighted by Gasteiger charge is -2.25. The van der Waals surface area contributed by atoms with Crippen LogP contribution in [0.15, 0.2) is 24.3 Å². The van der Waals surface area contributed by atoms with E-state index >= 15 is 0 Å². The van der Waals surface area contributed by atoms with E-state index in [2.05, 4.69) is 0 Å². The quantitative estimate of drug-likeness (QED) is 0.868. The molecule has 5 nitrogen and oxygen atoms in total. The molecule has 2 saturated heterocycles. The van der Waals surface area contributed by atoms with Crippen molar-refractivity contribution in [2.24, 2.45) is 11.3 Å². The van der Waals surface area contributed by atoms with Gasteiger partial charge in [-0.25, -0.2) is 4.39 Å². The molecule has 3 rings (SSSR count). The number of ether oxygens (including phenoxy) is 1. The summed E-state index contributed by atoms with van der Waals surface area (Å²) in [7, 11) is 1.81. The van der Waals surface area contributed by atoms with Crippen LogP contribution in [0.25, 0.3) is 0 Å². The van der Waals surface area contributed by atoms with Crippen LogP contribution in [0.1, 0.15) is 5.56 Å². The highest BCUT2D eigenvalue weighted by molar-refractivity contribution is 5.78. The molecule has 2 heterocycles. The molecule has 2 aliphatic heterocycles. The monoisotopic (exact) mass is 322 g/mol. The molecule has 0 bridgehead atoms. The van der Waals surface area contributed by atoms with Gasteiger partial charge >= 0.3 is 0 Å². The molecule has 0 aromatic heterocycles. The van der Waals surface area contributed by atoms with Gasteiger partial charge in [-0.05, 0) is 13.1 Å². The Kier molecular flexibility index (Phi) is 4.66. The summed E-state index contributed by atoms with van der Waals surface area (Å²) in [5.41, 5.74) is 0.293.